The van der Waals surface area contributed by atoms with Gasteiger partial charge >= 0.3 is 0 Å². The van der Waals surface area contributed by atoms with Gasteiger partial charge in [-0.2, -0.15) is 0 Å². The molecule has 25 heavy (non-hydrogen) atoms. The van der Waals surface area contributed by atoms with Crippen LogP contribution in [0.5, 0.6) is 0 Å². The van der Waals surface area contributed by atoms with E-state index in [0.717, 1.165) is 22.9 Å². The number of aryl methyl sites for hydroxylation is 1. The number of oxazole rings is 1. The van der Waals surface area contributed by atoms with Crippen LogP contribution in [0.15, 0.2) is 58.3 Å². The molecule has 0 saturated heterocycles. The van der Waals surface area contributed by atoms with Crippen molar-refractivity contribution in [3.05, 3.63) is 65.1 Å². The first-order valence-electron chi connectivity index (χ1n) is 7.42. The van der Waals surface area contributed by atoms with Gasteiger partial charge in [0.2, 0.25) is 5.91 Å². The zero-order chi connectivity index (χ0) is 17.8. The Morgan fingerprint density at radius 3 is 2.96 bits per heavy atom. The van der Waals surface area contributed by atoms with Crippen LogP contribution in [0.25, 0.3) is 11.3 Å². The fraction of sp³-hybridized carbons (Fsp3) is 0.111. The van der Waals surface area contributed by atoms with Gasteiger partial charge in [0.1, 0.15) is 5.82 Å². The summed E-state index contributed by atoms with van der Waals surface area (Å²) in [7, 11) is 0. The smallest absolute Gasteiger partial charge is 0.256 e. The van der Waals surface area contributed by atoms with E-state index in [9.17, 15) is 9.18 Å². The zero-order valence-electron chi connectivity index (χ0n) is 13.3. The van der Waals surface area contributed by atoms with E-state index in [1.165, 1.54) is 12.1 Å². The summed E-state index contributed by atoms with van der Waals surface area (Å²) in [5.74, 6) is 0.0193. The van der Waals surface area contributed by atoms with Gasteiger partial charge in [-0.05, 0) is 36.8 Å². The number of rotatable bonds is 5. The number of aromatic nitrogens is 1. The second kappa shape index (κ2) is 7.72. The number of nitrogens with one attached hydrogen (secondary N) is 1. The van der Waals surface area contributed by atoms with E-state index in [0.29, 0.717) is 21.7 Å². The van der Waals surface area contributed by atoms with Gasteiger partial charge in [0.15, 0.2) is 5.76 Å². The highest BCUT2D eigenvalue weighted by Gasteiger charge is 2.11. The van der Waals surface area contributed by atoms with Crippen LogP contribution in [0.1, 0.15) is 5.56 Å². The molecule has 128 valence electrons. The van der Waals surface area contributed by atoms with E-state index < -0.39 is 5.82 Å². The molecule has 0 fully saturated rings. The lowest BCUT2D eigenvalue weighted by atomic mass is 10.2. The molecule has 3 rings (SSSR count). The van der Waals surface area contributed by atoms with Crippen molar-refractivity contribution in [1.82, 2.24) is 4.98 Å². The third-order valence-corrected chi connectivity index (χ3v) is 4.47. The molecule has 0 radical (unpaired) electrons. The number of anilines is 1. The fourth-order valence-corrected chi connectivity index (χ4v) is 2.94. The summed E-state index contributed by atoms with van der Waals surface area (Å²) < 4.78 is 18.9. The number of carbonyl (C=O) groups excluding carboxylic acids is 1. The summed E-state index contributed by atoms with van der Waals surface area (Å²) in [5, 5.41) is 3.66. The van der Waals surface area contributed by atoms with E-state index >= 15 is 0 Å². The molecule has 7 heteroatoms. The van der Waals surface area contributed by atoms with Crippen molar-refractivity contribution in [2.45, 2.75) is 12.1 Å². The number of halogens is 2. The van der Waals surface area contributed by atoms with E-state index in [-0.39, 0.29) is 11.7 Å². The SMILES string of the molecule is Cc1ccc(F)cc1NC(=O)CSc1ncc(-c2cccc(Cl)c2)o1. The highest BCUT2D eigenvalue weighted by atomic mass is 35.5. The van der Waals surface area contributed by atoms with E-state index in [1.807, 2.05) is 12.1 Å². The van der Waals surface area contributed by atoms with Crippen LogP contribution >= 0.6 is 23.4 Å². The molecule has 0 spiro atoms. The van der Waals surface area contributed by atoms with Crippen molar-refractivity contribution in [3.63, 3.8) is 0 Å². The van der Waals surface area contributed by atoms with Crippen LogP contribution in [0.3, 0.4) is 0 Å². The third-order valence-electron chi connectivity index (χ3n) is 3.39. The lowest BCUT2D eigenvalue weighted by Crippen LogP contribution is -2.15. The van der Waals surface area contributed by atoms with Crippen molar-refractivity contribution in [3.8, 4) is 11.3 Å². The van der Waals surface area contributed by atoms with Crippen molar-refractivity contribution in [1.29, 1.82) is 0 Å². The Hall–Kier alpha value is -2.31. The standard InChI is InChI=1S/C18H14ClFN2O2S/c1-11-5-6-14(20)8-15(11)22-17(23)10-25-18-21-9-16(24-18)12-3-2-4-13(19)7-12/h2-9H,10H2,1H3,(H,22,23). The van der Waals surface area contributed by atoms with Crippen molar-refractivity contribution >= 4 is 35.0 Å². The van der Waals surface area contributed by atoms with Gasteiger partial charge in [0.05, 0.1) is 11.9 Å². The second-order valence-electron chi connectivity index (χ2n) is 5.30. The van der Waals surface area contributed by atoms with Crippen LogP contribution in [0.4, 0.5) is 10.1 Å². The molecule has 1 heterocycles. The first-order valence-corrected chi connectivity index (χ1v) is 8.78. The lowest BCUT2D eigenvalue weighted by molar-refractivity contribution is -0.113. The summed E-state index contributed by atoms with van der Waals surface area (Å²) in [6.45, 7) is 1.80. The highest BCUT2D eigenvalue weighted by molar-refractivity contribution is 7.99. The van der Waals surface area contributed by atoms with Gasteiger partial charge in [0.25, 0.3) is 5.22 Å². The molecule has 1 aromatic heterocycles. The van der Waals surface area contributed by atoms with Crippen LogP contribution in [0.2, 0.25) is 5.02 Å². The minimum atomic E-state index is -0.396. The molecule has 0 aliphatic carbocycles. The predicted molar refractivity (Wildman–Crippen MR) is 97.4 cm³/mol. The average Bonchev–Trinajstić information content (AvgIpc) is 3.05. The predicted octanol–water partition coefficient (Wildman–Crippen LogP) is 5.17. The first kappa shape index (κ1) is 17.5. The number of amides is 1. The Labute approximate surface area is 153 Å². The minimum Gasteiger partial charge on any atom is -0.431 e. The lowest BCUT2D eigenvalue weighted by Gasteiger charge is -2.07. The largest absolute Gasteiger partial charge is 0.431 e. The second-order valence-corrected chi connectivity index (χ2v) is 6.66. The summed E-state index contributed by atoms with van der Waals surface area (Å²) in [6, 6.07) is 11.5. The number of carbonyl (C=O) groups is 1. The maximum atomic E-state index is 13.2. The summed E-state index contributed by atoms with van der Waals surface area (Å²) >= 11 is 7.12. The Morgan fingerprint density at radius 2 is 2.16 bits per heavy atom. The monoisotopic (exact) mass is 376 g/mol. The molecular formula is C18H14ClFN2O2S. The van der Waals surface area contributed by atoms with Gasteiger partial charge < -0.3 is 9.73 Å². The Kier molecular flexibility index (Phi) is 5.40. The van der Waals surface area contributed by atoms with Crippen LogP contribution in [0, 0.1) is 12.7 Å². The molecule has 1 N–H and O–H groups in total. The molecular weight excluding hydrogens is 363 g/mol. The minimum absolute atomic E-state index is 0.103. The van der Waals surface area contributed by atoms with E-state index in [2.05, 4.69) is 10.3 Å². The molecule has 1 amide bonds. The molecule has 0 aliphatic heterocycles. The Balaban J connectivity index is 1.60. The number of benzene rings is 2. The molecule has 3 aromatic rings. The molecule has 0 aliphatic rings. The maximum absolute atomic E-state index is 13.2. The van der Waals surface area contributed by atoms with Gasteiger partial charge in [-0.15, -0.1) is 0 Å². The van der Waals surface area contributed by atoms with Crippen LogP contribution < -0.4 is 5.32 Å². The average molecular weight is 377 g/mol. The summed E-state index contributed by atoms with van der Waals surface area (Å²) in [5.41, 5.74) is 2.06. The zero-order valence-corrected chi connectivity index (χ0v) is 14.8. The molecule has 0 unspecified atom stereocenters. The highest BCUT2D eigenvalue weighted by Crippen LogP contribution is 2.27. The number of nitrogens with zero attached hydrogens (tertiary/aromatic N) is 1. The number of hydrogen-bond donors (Lipinski definition) is 1. The molecule has 2 aromatic carbocycles. The van der Waals surface area contributed by atoms with Crippen molar-refractivity contribution < 1.29 is 13.6 Å². The van der Waals surface area contributed by atoms with Gasteiger partial charge in [0, 0.05) is 16.3 Å². The topological polar surface area (TPSA) is 55.1 Å². The molecule has 4 nitrogen and oxygen atoms in total. The van der Waals surface area contributed by atoms with Crippen molar-refractivity contribution in [2.24, 2.45) is 0 Å². The van der Waals surface area contributed by atoms with Gasteiger partial charge in [-0.25, -0.2) is 9.37 Å². The quantitative estimate of drug-likeness (QED) is 0.624. The third kappa shape index (κ3) is 4.61. The number of hydrogen-bond acceptors (Lipinski definition) is 4. The Bertz CT molecular complexity index is 914. The van der Waals surface area contributed by atoms with Gasteiger partial charge in [-0.3, -0.25) is 4.79 Å². The Morgan fingerprint density at radius 1 is 1.32 bits per heavy atom. The molecule has 0 atom stereocenters. The van der Waals surface area contributed by atoms with Gasteiger partial charge in [-0.1, -0.05) is 41.6 Å². The van der Waals surface area contributed by atoms with Crippen LogP contribution in [-0.2, 0) is 4.79 Å². The maximum Gasteiger partial charge on any atom is 0.256 e. The molecule has 0 bridgehead atoms. The normalized spacial score (nSPS) is 10.7. The summed E-state index contributed by atoms with van der Waals surface area (Å²) in [4.78, 5) is 16.2. The van der Waals surface area contributed by atoms with E-state index in [4.69, 9.17) is 16.0 Å². The fourth-order valence-electron chi connectivity index (χ4n) is 2.14. The van der Waals surface area contributed by atoms with Crippen LogP contribution in [-0.4, -0.2) is 16.6 Å². The van der Waals surface area contributed by atoms with Crippen molar-refractivity contribution in [2.75, 3.05) is 11.1 Å². The first-order chi connectivity index (χ1) is 12.0. The molecule has 0 saturated carbocycles. The number of thioether (sulfide) groups is 1. The summed E-state index contributed by atoms with van der Waals surface area (Å²) in [6.07, 6.45) is 1.59. The van der Waals surface area contributed by atoms with E-state index in [1.54, 1.807) is 31.3 Å².